The number of nitrogens with two attached hydrogens (primary N) is 1. The van der Waals surface area contributed by atoms with E-state index in [2.05, 4.69) is 24.9 Å². The van der Waals surface area contributed by atoms with Crippen LogP contribution in [0.3, 0.4) is 0 Å². The third-order valence-corrected chi connectivity index (χ3v) is 5.18. The van der Waals surface area contributed by atoms with Crippen LogP contribution in [0.1, 0.15) is 48.6 Å². The predicted molar refractivity (Wildman–Crippen MR) is 115 cm³/mol. The van der Waals surface area contributed by atoms with E-state index in [4.69, 9.17) is 5.41 Å². The number of pyridine rings is 1. The van der Waals surface area contributed by atoms with E-state index in [1.54, 1.807) is 50.3 Å². The van der Waals surface area contributed by atoms with E-state index in [0.29, 0.717) is 11.4 Å². The van der Waals surface area contributed by atoms with Gasteiger partial charge >= 0.3 is 6.18 Å². The normalized spacial score (nSPS) is 13.1. The molecule has 176 valence electrons. The Morgan fingerprint density at radius 2 is 1.91 bits per heavy atom. The van der Waals surface area contributed by atoms with Crippen molar-refractivity contribution in [2.75, 3.05) is 11.9 Å². The van der Waals surface area contributed by atoms with Gasteiger partial charge in [0.2, 0.25) is 11.8 Å². The molecular weight excluding hydrogens is 451 g/mol. The summed E-state index contributed by atoms with van der Waals surface area (Å²) in [6.07, 6.45) is -0.305. The van der Waals surface area contributed by atoms with Crippen LogP contribution in [-0.4, -0.2) is 37.7 Å². The van der Waals surface area contributed by atoms with Crippen molar-refractivity contribution in [1.29, 1.82) is 10.7 Å². The van der Waals surface area contributed by atoms with Gasteiger partial charge in [0.05, 0.1) is 6.04 Å². The summed E-state index contributed by atoms with van der Waals surface area (Å²) in [7, 11) is 1.67. The maximum Gasteiger partial charge on any atom is 0.433 e. The summed E-state index contributed by atoms with van der Waals surface area (Å²) in [6, 6.07) is 4.54. The molecule has 0 saturated heterocycles. The summed E-state index contributed by atoms with van der Waals surface area (Å²) in [5.74, 6) is 0.672. The van der Waals surface area contributed by atoms with Gasteiger partial charge in [0.25, 0.3) is 5.56 Å². The minimum absolute atomic E-state index is 0.0470. The van der Waals surface area contributed by atoms with E-state index in [1.807, 2.05) is 0 Å². The fourth-order valence-corrected chi connectivity index (χ4v) is 3.12. The Morgan fingerprint density at radius 3 is 2.47 bits per heavy atom. The Morgan fingerprint density at radius 1 is 1.24 bits per heavy atom. The lowest BCUT2D eigenvalue weighted by molar-refractivity contribution is -0.617. The van der Waals surface area contributed by atoms with E-state index < -0.39 is 29.2 Å². The Hall–Kier alpha value is -4.18. The molecule has 2 atom stereocenters. The van der Waals surface area contributed by atoms with Crippen LogP contribution in [0, 0.1) is 16.7 Å². The Labute approximate surface area is 192 Å². The van der Waals surface area contributed by atoms with Gasteiger partial charge in [-0.15, -0.1) is 0 Å². The summed E-state index contributed by atoms with van der Waals surface area (Å²) in [5.41, 5.74) is -2.12. The largest absolute Gasteiger partial charge is 0.433 e. The van der Waals surface area contributed by atoms with E-state index in [1.165, 1.54) is 11.4 Å². The van der Waals surface area contributed by atoms with E-state index in [0.717, 1.165) is 12.3 Å². The van der Waals surface area contributed by atoms with Crippen molar-refractivity contribution >= 4 is 17.5 Å². The van der Waals surface area contributed by atoms with Gasteiger partial charge in [0, 0.05) is 31.2 Å². The van der Waals surface area contributed by atoms with Gasteiger partial charge in [-0.3, -0.25) is 25.5 Å². The number of H-pyrrole nitrogens is 1. The average Bonchev–Trinajstić information content (AvgIpc) is 2.82. The van der Waals surface area contributed by atoms with Crippen LogP contribution in [0.4, 0.5) is 24.9 Å². The van der Waals surface area contributed by atoms with Gasteiger partial charge in [0.1, 0.15) is 23.6 Å². The molecule has 0 spiro atoms. The second-order valence-corrected chi connectivity index (χ2v) is 7.46. The number of nitrogens with zero attached hydrogens (tertiary/aromatic N) is 6. The third kappa shape index (κ3) is 5.24. The number of quaternary nitrogens is 1. The Bertz CT molecular complexity index is 1270. The summed E-state index contributed by atoms with van der Waals surface area (Å²) in [4.78, 5) is 33.3. The molecule has 0 saturated carbocycles. The zero-order valence-electron chi connectivity index (χ0n) is 18.4. The lowest BCUT2D eigenvalue weighted by atomic mass is 10.1. The van der Waals surface area contributed by atoms with Crippen LogP contribution in [0.15, 0.2) is 41.6 Å². The molecule has 3 rings (SSSR count). The summed E-state index contributed by atoms with van der Waals surface area (Å²) < 4.78 is 38.4. The van der Waals surface area contributed by atoms with Crippen molar-refractivity contribution in [3.8, 4) is 6.07 Å². The van der Waals surface area contributed by atoms with Crippen molar-refractivity contribution < 1.29 is 18.5 Å². The van der Waals surface area contributed by atoms with E-state index in [-0.39, 0.29) is 23.4 Å². The van der Waals surface area contributed by atoms with E-state index in [9.17, 15) is 23.2 Å². The van der Waals surface area contributed by atoms with Crippen molar-refractivity contribution in [1.82, 2.24) is 24.9 Å². The van der Waals surface area contributed by atoms with Gasteiger partial charge in [0.15, 0.2) is 11.3 Å². The Kier molecular flexibility index (Phi) is 7.02. The number of anilines is 1. The van der Waals surface area contributed by atoms with Crippen LogP contribution >= 0.6 is 0 Å². The maximum absolute atomic E-state index is 12.8. The number of hydrogen-bond donors (Lipinski definition) is 3. The van der Waals surface area contributed by atoms with Crippen molar-refractivity contribution in [3.05, 3.63) is 69.8 Å². The van der Waals surface area contributed by atoms with Crippen molar-refractivity contribution in [2.45, 2.75) is 32.1 Å². The highest BCUT2D eigenvalue weighted by Gasteiger charge is 2.32. The number of nitriles is 1. The molecule has 0 radical (unpaired) electrons. The average molecular weight is 472 g/mol. The first-order valence-electron chi connectivity index (χ1n) is 10.0. The highest BCUT2D eigenvalue weighted by atomic mass is 19.4. The van der Waals surface area contributed by atoms with Crippen LogP contribution < -0.4 is 15.8 Å². The smallest absolute Gasteiger partial charge is 0.335 e. The molecule has 0 amide bonds. The molecule has 4 N–H and O–H groups in total. The first-order valence-corrected chi connectivity index (χ1v) is 10.0. The summed E-state index contributed by atoms with van der Waals surface area (Å²) in [5, 5.41) is 18.6. The SMILES string of the molecule is CC([NH2+]c1nc(N(C)C(C)c2ncccn2)[nH]c(=O)c1C(=N)C#N)c1ccc(C(F)(F)F)nc1. The number of rotatable bonds is 7. The molecule has 34 heavy (non-hydrogen) atoms. The highest BCUT2D eigenvalue weighted by molar-refractivity contribution is 6.11. The molecule has 3 aromatic heterocycles. The lowest BCUT2D eigenvalue weighted by Gasteiger charge is -2.24. The molecular formula is C21H21F3N9O+. The fourth-order valence-electron chi connectivity index (χ4n) is 3.12. The number of alkyl halides is 3. The topological polar surface area (TPSA) is 152 Å². The molecule has 0 aromatic carbocycles. The standard InChI is InChI=1S/C21H20F3N9O/c1-11(13-5-6-15(29-10-13)21(22,23)24)30-18-16(14(26)9-25)19(34)32-20(31-18)33(3)12(2)17-27-7-4-8-28-17/h4-8,10-12,26H,1-3H3,(H2,30,31,32,34)/p+1. The monoisotopic (exact) mass is 472 g/mol. The third-order valence-electron chi connectivity index (χ3n) is 5.18. The van der Waals surface area contributed by atoms with Crippen LogP contribution in [-0.2, 0) is 6.18 Å². The molecule has 0 bridgehead atoms. The molecule has 0 fully saturated rings. The second kappa shape index (κ2) is 9.75. The Balaban J connectivity index is 1.98. The summed E-state index contributed by atoms with van der Waals surface area (Å²) >= 11 is 0. The molecule has 0 aliphatic carbocycles. The first kappa shape index (κ1) is 24.5. The number of hydrogen-bond acceptors (Lipinski definition) is 8. The quantitative estimate of drug-likeness (QED) is 0.445. The number of aromatic amines is 1. The molecule has 13 heteroatoms. The van der Waals surface area contributed by atoms with Gasteiger partial charge in [-0.25, -0.2) is 9.97 Å². The van der Waals surface area contributed by atoms with Gasteiger partial charge in [-0.2, -0.15) is 23.4 Å². The van der Waals surface area contributed by atoms with Crippen LogP contribution in [0.25, 0.3) is 0 Å². The van der Waals surface area contributed by atoms with E-state index >= 15 is 0 Å². The summed E-state index contributed by atoms with van der Waals surface area (Å²) in [6.45, 7) is 3.48. The molecule has 3 heterocycles. The molecule has 10 nitrogen and oxygen atoms in total. The van der Waals surface area contributed by atoms with Gasteiger partial charge < -0.3 is 4.90 Å². The minimum Gasteiger partial charge on any atom is -0.335 e. The number of nitrogens with one attached hydrogen (secondary N) is 2. The maximum atomic E-state index is 12.8. The number of halogens is 3. The number of aromatic nitrogens is 5. The predicted octanol–water partition coefficient (Wildman–Crippen LogP) is 2.02. The zero-order valence-corrected chi connectivity index (χ0v) is 18.4. The van der Waals surface area contributed by atoms with Gasteiger partial charge in [-0.05, 0) is 32.0 Å². The highest BCUT2D eigenvalue weighted by Crippen LogP contribution is 2.27. The molecule has 2 unspecified atom stereocenters. The zero-order chi connectivity index (χ0) is 25.0. The van der Waals surface area contributed by atoms with Crippen molar-refractivity contribution in [2.24, 2.45) is 0 Å². The minimum atomic E-state index is -4.56. The van der Waals surface area contributed by atoms with Crippen LogP contribution in [0.2, 0.25) is 0 Å². The first-order chi connectivity index (χ1) is 16.0. The van der Waals surface area contributed by atoms with Crippen molar-refractivity contribution in [3.63, 3.8) is 0 Å². The fraction of sp³-hybridized carbons (Fsp3) is 0.286. The lowest BCUT2D eigenvalue weighted by Crippen LogP contribution is -2.80. The van der Waals surface area contributed by atoms with Crippen LogP contribution in [0.5, 0.6) is 0 Å². The van der Waals surface area contributed by atoms with Gasteiger partial charge in [-0.1, -0.05) is 0 Å². The molecule has 0 aliphatic rings. The molecule has 0 aliphatic heterocycles. The molecule has 3 aromatic rings. The second-order valence-electron chi connectivity index (χ2n) is 7.46.